The van der Waals surface area contributed by atoms with Crippen LogP contribution in [-0.4, -0.2) is 35.3 Å². The predicted molar refractivity (Wildman–Crippen MR) is 94.2 cm³/mol. The summed E-state index contributed by atoms with van der Waals surface area (Å²) in [5, 5.41) is 10.8. The normalized spacial score (nSPS) is 11.0. The molecular formula is C16H11BrFN7O. The highest BCUT2D eigenvalue weighted by molar-refractivity contribution is 9.10. The summed E-state index contributed by atoms with van der Waals surface area (Å²) >= 11 is 3.29. The van der Waals surface area contributed by atoms with Gasteiger partial charge in [0.1, 0.15) is 12.1 Å². The molecule has 3 aromatic heterocycles. The Hall–Kier alpha value is -3.14. The minimum Gasteiger partial charge on any atom is -0.288 e. The second-order valence-corrected chi connectivity index (χ2v) is 6.33. The fourth-order valence-corrected chi connectivity index (χ4v) is 2.66. The number of anilines is 1. The van der Waals surface area contributed by atoms with Crippen LogP contribution < -0.4 is 5.32 Å². The number of amides is 1. The molecule has 4 aromatic rings. The molecule has 8 nitrogen and oxygen atoms in total. The number of hydrogen-bond donors (Lipinski definition) is 1. The van der Waals surface area contributed by atoms with Crippen molar-refractivity contribution in [3.05, 3.63) is 70.6 Å². The standard InChI is InChI=1S/C16H11BrFN7O/c17-11-6-19-14-5-13(22-25(14)8-11)15(26)21-16-20-9-24(23-16)7-10-3-1-2-4-12(10)18/h1-6,8-9H,7H2,(H,21,23,26). The molecule has 0 aliphatic heterocycles. The summed E-state index contributed by atoms with van der Waals surface area (Å²) in [5.41, 5.74) is 1.20. The Morgan fingerprint density at radius 3 is 2.92 bits per heavy atom. The van der Waals surface area contributed by atoms with Crippen molar-refractivity contribution >= 4 is 33.4 Å². The number of nitrogens with zero attached hydrogens (tertiary/aromatic N) is 6. The van der Waals surface area contributed by atoms with Gasteiger partial charge in [-0.15, -0.1) is 5.10 Å². The van der Waals surface area contributed by atoms with E-state index in [0.29, 0.717) is 11.2 Å². The van der Waals surface area contributed by atoms with E-state index in [4.69, 9.17) is 0 Å². The number of rotatable bonds is 4. The van der Waals surface area contributed by atoms with E-state index in [1.54, 1.807) is 36.7 Å². The SMILES string of the molecule is O=C(Nc1ncn(Cc2ccccc2F)n1)c1cc2ncc(Br)cn2n1. The van der Waals surface area contributed by atoms with Crippen molar-refractivity contribution in [3.63, 3.8) is 0 Å². The molecule has 0 saturated heterocycles. The highest BCUT2D eigenvalue weighted by Crippen LogP contribution is 2.12. The molecule has 0 atom stereocenters. The number of halogens is 2. The fourth-order valence-electron chi connectivity index (χ4n) is 2.36. The van der Waals surface area contributed by atoms with Crippen LogP contribution in [0.15, 0.2) is 53.5 Å². The third-order valence-corrected chi connectivity index (χ3v) is 3.98. The van der Waals surface area contributed by atoms with Gasteiger partial charge in [0, 0.05) is 24.0 Å². The molecule has 130 valence electrons. The third kappa shape index (κ3) is 3.31. The van der Waals surface area contributed by atoms with E-state index in [1.165, 1.54) is 21.6 Å². The molecule has 1 aromatic carbocycles. The molecule has 0 fully saturated rings. The molecule has 0 aliphatic carbocycles. The van der Waals surface area contributed by atoms with Gasteiger partial charge in [-0.2, -0.15) is 5.10 Å². The van der Waals surface area contributed by atoms with Crippen molar-refractivity contribution in [3.8, 4) is 0 Å². The topological polar surface area (TPSA) is 90.0 Å². The van der Waals surface area contributed by atoms with Crippen LogP contribution in [0.3, 0.4) is 0 Å². The van der Waals surface area contributed by atoms with Crippen molar-refractivity contribution in [1.82, 2.24) is 29.4 Å². The number of carbonyl (C=O) groups excluding carboxylic acids is 1. The van der Waals surface area contributed by atoms with E-state index in [0.717, 1.165) is 4.47 Å². The van der Waals surface area contributed by atoms with E-state index in [-0.39, 0.29) is 24.0 Å². The van der Waals surface area contributed by atoms with Crippen molar-refractivity contribution in [2.45, 2.75) is 6.54 Å². The van der Waals surface area contributed by atoms with Gasteiger partial charge in [0.2, 0.25) is 5.95 Å². The molecule has 4 rings (SSSR count). The molecule has 1 amide bonds. The number of benzene rings is 1. The Labute approximate surface area is 154 Å². The molecule has 26 heavy (non-hydrogen) atoms. The Balaban J connectivity index is 1.49. The van der Waals surface area contributed by atoms with Gasteiger partial charge in [-0.05, 0) is 22.0 Å². The summed E-state index contributed by atoms with van der Waals surface area (Å²) < 4.78 is 17.4. The van der Waals surface area contributed by atoms with E-state index < -0.39 is 5.91 Å². The van der Waals surface area contributed by atoms with Crippen LogP contribution in [0.1, 0.15) is 16.1 Å². The van der Waals surface area contributed by atoms with Crippen LogP contribution in [0.25, 0.3) is 5.65 Å². The maximum Gasteiger partial charge on any atom is 0.278 e. The van der Waals surface area contributed by atoms with Crippen molar-refractivity contribution in [1.29, 1.82) is 0 Å². The number of nitrogens with one attached hydrogen (secondary N) is 1. The molecule has 0 bridgehead atoms. The minimum atomic E-state index is -0.463. The summed E-state index contributed by atoms with van der Waals surface area (Å²) in [6, 6.07) is 7.96. The molecule has 0 spiro atoms. The van der Waals surface area contributed by atoms with Gasteiger partial charge in [-0.1, -0.05) is 18.2 Å². The molecule has 1 N–H and O–H groups in total. The first kappa shape index (κ1) is 16.3. The predicted octanol–water partition coefficient (Wildman–Crippen LogP) is 2.52. The average Bonchev–Trinajstić information content (AvgIpc) is 3.23. The summed E-state index contributed by atoms with van der Waals surface area (Å²) in [5.74, 6) is -0.676. The molecule has 3 heterocycles. The second-order valence-electron chi connectivity index (χ2n) is 5.42. The summed E-state index contributed by atoms with van der Waals surface area (Å²) in [6.07, 6.45) is 4.73. The van der Waals surface area contributed by atoms with Crippen LogP contribution in [0.4, 0.5) is 10.3 Å². The van der Waals surface area contributed by atoms with E-state index in [9.17, 15) is 9.18 Å². The first-order valence-corrected chi connectivity index (χ1v) is 8.33. The summed E-state index contributed by atoms with van der Waals surface area (Å²) in [4.78, 5) is 20.5. The van der Waals surface area contributed by atoms with Crippen LogP contribution >= 0.6 is 15.9 Å². The monoisotopic (exact) mass is 415 g/mol. The van der Waals surface area contributed by atoms with Gasteiger partial charge < -0.3 is 0 Å². The Kier molecular flexibility index (Phi) is 4.17. The highest BCUT2D eigenvalue weighted by Gasteiger charge is 2.14. The largest absolute Gasteiger partial charge is 0.288 e. The Morgan fingerprint density at radius 2 is 2.08 bits per heavy atom. The van der Waals surface area contributed by atoms with Crippen molar-refractivity contribution in [2.75, 3.05) is 5.32 Å². The zero-order valence-corrected chi connectivity index (χ0v) is 14.8. The van der Waals surface area contributed by atoms with Gasteiger partial charge in [-0.25, -0.2) is 23.6 Å². The first-order valence-electron chi connectivity index (χ1n) is 7.53. The molecule has 0 saturated carbocycles. The molecule has 0 radical (unpaired) electrons. The third-order valence-electron chi connectivity index (χ3n) is 3.57. The second kappa shape index (κ2) is 6.64. The lowest BCUT2D eigenvalue weighted by atomic mass is 10.2. The maximum absolute atomic E-state index is 13.7. The summed E-state index contributed by atoms with van der Waals surface area (Å²) in [6.45, 7) is 0.210. The fraction of sp³-hybridized carbons (Fsp3) is 0.0625. The van der Waals surface area contributed by atoms with Gasteiger partial charge in [0.25, 0.3) is 5.91 Å². The maximum atomic E-state index is 13.7. The Bertz CT molecular complexity index is 1110. The lowest BCUT2D eigenvalue weighted by molar-refractivity contribution is 0.102. The quantitative estimate of drug-likeness (QED) is 0.552. The smallest absolute Gasteiger partial charge is 0.278 e. The van der Waals surface area contributed by atoms with Crippen molar-refractivity contribution in [2.24, 2.45) is 0 Å². The highest BCUT2D eigenvalue weighted by atomic mass is 79.9. The lowest BCUT2D eigenvalue weighted by Crippen LogP contribution is -2.14. The minimum absolute atomic E-state index is 0.109. The van der Waals surface area contributed by atoms with E-state index >= 15 is 0 Å². The molecular weight excluding hydrogens is 405 g/mol. The van der Waals surface area contributed by atoms with Crippen molar-refractivity contribution < 1.29 is 9.18 Å². The van der Waals surface area contributed by atoms with Crippen LogP contribution in [0, 0.1) is 5.82 Å². The lowest BCUT2D eigenvalue weighted by Gasteiger charge is -2.02. The zero-order valence-electron chi connectivity index (χ0n) is 13.2. The number of aromatic nitrogens is 6. The van der Waals surface area contributed by atoms with Crippen LogP contribution in [-0.2, 0) is 6.54 Å². The number of hydrogen-bond acceptors (Lipinski definition) is 5. The summed E-state index contributed by atoms with van der Waals surface area (Å²) in [7, 11) is 0. The zero-order chi connectivity index (χ0) is 18.1. The average molecular weight is 416 g/mol. The Morgan fingerprint density at radius 1 is 1.23 bits per heavy atom. The van der Waals surface area contributed by atoms with E-state index in [2.05, 4.69) is 41.4 Å². The van der Waals surface area contributed by atoms with Crippen LogP contribution in [0.2, 0.25) is 0 Å². The van der Waals surface area contributed by atoms with E-state index in [1.807, 2.05) is 0 Å². The van der Waals surface area contributed by atoms with Gasteiger partial charge in [0.15, 0.2) is 11.3 Å². The molecule has 0 unspecified atom stereocenters. The van der Waals surface area contributed by atoms with Gasteiger partial charge in [0.05, 0.1) is 11.0 Å². The van der Waals surface area contributed by atoms with Gasteiger partial charge >= 0.3 is 0 Å². The number of carbonyl (C=O) groups is 1. The molecule has 0 aliphatic rings. The first-order chi connectivity index (χ1) is 12.6. The van der Waals surface area contributed by atoms with Crippen LogP contribution in [0.5, 0.6) is 0 Å². The van der Waals surface area contributed by atoms with Gasteiger partial charge in [-0.3, -0.25) is 10.1 Å². The molecule has 10 heteroatoms. The number of fused-ring (bicyclic) bond motifs is 1.